The number of nitrogens with one attached hydrogen (secondary N) is 1. The van der Waals surface area contributed by atoms with Gasteiger partial charge in [0.15, 0.2) is 5.11 Å². The van der Waals surface area contributed by atoms with E-state index >= 15 is 0 Å². The van der Waals surface area contributed by atoms with E-state index in [-0.39, 0.29) is 22.9 Å². The van der Waals surface area contributed by atoms with Gasteiger partial charge in [0.1, 0.15) is 11.4 Å². The van der Waals surface area contributed by atoms with Crippen LogP contribution in [0, 0.1) is 5.82 Å². The van der Waals surface area contributed by atoms with Crippen LogP contribution in [0.4, 0.5) is 23.2 Å². The lowest BCUT2D eigenvalue weighted by Gasteiger charge is -2.29. The second kappa shape index (κ2) is 7.92. The number of thiocarbonyl (C=S) groups is 1. The molecule has 0 atom stereocenters. The molecule has 0 radical (unpaired) electrons. The Morgan fingerprint density at radius 2 is 1.84 bits per heavy atom. The minimum atomic E-state index is -4.58. The molecule has 2 aromatic rings. The summed E-state index contributed by atoms with van der Waals surface area (Å²) in [6.07, 6.45) is -4.58. The summed E-state index contributed by atoms with van der Waals surface area (Å²) in [5.41, 5.74) is -1.64. The molecule has 1 aliphatic rings. The molecule has 2 aromatic carbocycles. The van der Waals surface area contributed by atoms with Crippen LogP contribution in [0.2, 0.25) is 0 Å². The molecule has 164 valence electrons. The number of halogens is 4. The summed E-state index contributed by atoms with van der Waals surface area (Å²) in [7, 11) is 1.41. The van der Waals surface area contributed by atoms with E-state index in [0.717, 1.165) is 23.1 Å². The molecule has 0 aromatic heterocycles. The highest BCUT2D eigenvalue weighted by molar-refractivity contribution is 7.80. The maximum absolute atomic E-state index is 14.0. The molecular weight excluding hydrogens is 434 g/mol. The highest BCUT2D eigenvalue weighted by atomic mass is 32.1. The Morgan fingerprint density at radius 3 is 2.45 bits per heavy atom. The van der Waals surface area contributed by atoms with Crippen LogP contribution in [0.3, 0.4) is 0 Å². The van der Waals surface area contributed by atoms with Gasteiger partial charge in [0, 0.05) is 19.2 Å². The SMILES string of the molecule is CNC(=O)c1cc(F)cc(CN2C(=S)N(c3cccc(C(F)(F)F)c3)C(=O)C2(C)C)c1. The van der Waals surface area contributed by atoms with Gasteiger partial charge in [0.25, 0.3) is 11.8 Å². The largest absolute Gasteiger partial charge is 0.416 e. The van der Waals surface area contributed by atoms with Crippen LogP contribution in [0.25, 0.3) is 0 Å². The second-order valence-electron chi connectivity index (χ2n) is 7.54. The number of carbonyl (C=O) groups excluding carboxylic acids is 2. The van der Waals surface area contributed by atoms with Crippen LogP contribution >= 0.6 is 12.2 Å². The van der Waals surface area contributed by atoms with Crippen molar-refractivity contribution in [3.63, 3.8) is 0 Å². The molecular formula is C21H19F4N3O2S. The Bertz CT molecular complexity index is 1070. The Balaban J connectivity index is 1.97. The number of anilines is 1. The van der Waals surface area contributed by atoms with E-state index in [1.807, 2.05) is 0 Å². The van der Waals surface area contributed by atoms with Crippen LogP contribution in [0.15, 0.2) is 42.5 Å². The zero-order valence-corrected chi connectivity index (χ0v) is 17.7. The summed E-state index contributed by atoms with van der Waals surface area (Å²) in [6, 6.07) is 8.09. The quantitative estimate of drug-likeness (QED) is 0.559. The molecule has 1 fully saturated rings. The molecule has 0 saturated carbocycles. The summed E-state index contributed by atoms with van der Waals surface area (Å²) < 4.78 is 53.4. The number of nitrogens with zero attached hydrogens (tertiary/aromatic N) is 2. The lowest BCUT2D eigenvalue weighted by atomic mass is 10.0. The third-order valence-corrected chi connectivity index (χ3v) is 5.45. The van der Waals surface area contributed by atoms with Gasteiger partial charge >= 0.3 is 6.18 Å². The molecule has 1 saturated heterocycles. The second-order valence-corrected chi connectivity index (χ2v) is 7.91. The van der Waals surface area contributed by atoms with E-state index in [2.05, 4.69) is 5.32 Å². The summed E-state index contributed by atoms with van der Waals surface area (Å²) >= 11 is 5.42. The van der Waals surface area contributed by atoms with Gasteiger partial charge < -0.3 is 10.2 Å². The van der Waals surface area contributed by atoms with E-state index in [1.165, 1.54) is 36.2 Å². The first kappa shape index (κ1) is 22.7. The van der Waals surface area contributed by atoms with Gasteiger partial charge in [-0.2, -0.15) is 13.2 Å². The molecule has 31 heavy (non-hydrogen) atoms. The predicted octanol–water partition coefficient (Wildman–Crippen LogP) is 4.12. The summed E-state index contributed by atoms with van der Waals surface area (Å²) in [6.45, 7) is 3.14. The smallest absolute Gasteiger partial charge is 0.355 e. The van der Waals surface area contributed by atoms with Gasteiger partial charge in [-0.25, -0.2) is 4.39 Å². The number of alkyl halides is 3. The fourth-order valence-corrected chi connectivity index (χ4v) is 3.83. The van der Waals surface area contributed by atoms with E-state index in [9.17, 15) is 27.2 Å². The lowest BCUT2D eigenvalue weighted by Crippen LogP contribution is -2.43. The number of amides is 2. The van der Waals surface area contributed by atoms with Crippen LogP contribution in [-0.2, 0) is 17.5 Å². The molecule has 0 bridgehead atoms. The predicted molar refractivity (Wildman–Crippen MR) is 111 cm³/mol. The molecule has 0 spiro atoms. The van der Waals surface area contributed by atoms with Gasteiger partial charge in [0.05, 0.1) is 11.3 Å². The first-order valence-corrected chi connectivity index (χ1v) is 9.62. The van der Waals surface area contributed by atoms with Crippen molar-refractivity contribution in [2.75, 3.05) is 11.9 Å². The van der Waals surface area contributed by atoms with Gasteiger partial charge in [-0.1, -0.05) is 6.07 Å². The maximum Gasteiger partial charge on any atom is 0.416 e. The van der Waals surface area contributed by atoms with E-state index in [1.54, 1.807) is 13.8 Å². The van der Waals surface area contributed by atoms with Crippen LogP contribution in [0.1, 0.15) is 35.3 Å². The van der Waals surface area contributed by atoms with Crippen molar-refractivity contribution in [3.05, 3.63) is 65.0 Å². The van der Waals surface area contributed by atoms with Crippen molar-refractivity contribution >= 4 is 34.8 Å². The van der Waals surface area contributed by atoms with E-state index in [4.69, 9.17) is 12.2 Å². The van der Waals surface area contributed by atoms with Crippen molar-refractivity contribution < 1.29 is 27.2 Å². The molecule has 10 heteroatoms. The minimum Gasteiger partial charge on any atom is -0.355 e. The number of hydrogen-bond donors (Lipinski definition) is 1. The summed E-state index contributed by atoms with van der Waals surface area (Å²) in [5.74, 6) is -1.63. The number of rotatable bonds is 4. The van der Waals surface area contributed by atoms with Gasteiger partial charge in [0.2, 0.25) is 0 Å². The number of carbonyl (C=O) groups is 2. The molecule has 5 nitrogen and oxygen atoms in total. The van der Waals surface area contributed by atoms with Gasteiger partial charge in [-0.05, 0) is 68.0 Å². The van der Waals surface area contributed by atoms with Crippen molar-refractivity contribution in [3.8, 4) is 0 Å². The van der Waals surface area contributed by atoms with E-state index in [0.29, 0.717) is 5.56 Å². The fraction of sp³-hybridized carbons (Fsp3) is 0.286. The van der Waals surface area contributed by atoms with Crippen molar-refractivity contribution in [1.82, 2.24) is 10.2 Å². The standard InChI is InChI=1S/C21H19F4N3O2S/c1-20(2)18(30)28(16-6-4-5-14(10-16)21(23,24)25)19(31)27(20)11-12-7-13(17(29)26-3)9-15(22)8-12/h4-10H,11H2,1-3H3,(H,26,29). The molecule has 0 unspecified atom stereocenters. The third-order valence-electron chi connectivity index (χ3n) is 5.04. The zero-order valence-electron chi connectivity index (χ0n) is 16.9. The van der Waals surface area contributed by atoms with Crippen molar-refractivity contribution in [2.45, 2.75) is 32.1 Å². The molecule has 2 amide bonds. The number of hydrogen-bond acceptors (Lipinski definition) is 3. The average molecular weight is 453 g/mol. The topological polar surface area (TPSA) is 52.7 Å². The zero-order chi connectivity index (χ0) is 23.1. The molecule has 1 aliphatic heterocycles. The highest BCUT2D eigenvalue weighted by Crippen LogP contribution is 2.36. The van der Waals surface area contributed by atoms with Crippen LogP contribution < -0.4 is 10.2 Å². The molecule has 3 rings (SSSR count). The van der Waals surface area contributed by atoms with Crippen molar-refractivity contribution in [1.29, 1.82) is 0 Å². The Labute approximate surface area is 181 Å². The Morgan fingerprint density at radius 1 is 1.16 bits per heavy atom. The first-order chi connectivity index (χ1) is 14.4. The number of benzene rings is 2. The van der Waals surface area contributed by atoms with Crippen LogP contribution in [0.5, 0.6) is 0 Å². The first-order valence-electron chi connectivity index (χ1n) is 9.21. The Hall–Kier alpha value is -3.01. The lowest BCUT2D eigenvalue weighted by molar-refractivity contribution is -0.137. The van der Waals surface area contributed by atoms with E-state index < -0.39 is 34.9 Å². The normalized spacial score (nSPS) is 16.1. The third kappa shape index (κ3) is 4.25. The highest BCUT2D eigenvalue weighted by Gasteiger charge is 2.49. The summed E-state index contributed by atoms with van der Waals surface area (Å²) in [5, 5.41) is 2.39. The van der Waals surface area contributed by atoms with Gasteiger partial charge in [-0.15, -0.1) is 0 Å². The molecule has 1 N–H and O–H groups in total. The molecule has 0 aliphatic carbocycles. The Kier molecular flexibility index (Phi) is 5.79. The fourth-order valence-electron chi connectivity index (χ4n) is 3.35. The average Bonchev–Trinajstić information content (AvgIpc) is 2.86. The monoisotopic (exact) mass is 453 g/mol. The van der Waals surface area contributed by atoms with Gasteiger partial charge in [-0.3, -0.25) is 14.5 Å². The van der Waals surface area contributed by atoms with Crippen LogP contribution in [-0.4, -0.2) is 34.4 Å². The minimum absolute atomic E-state index is 0.00862. The molecule has 1 heterocycles. The maximum atomic E-state index is 14.0. The summed E-state index contributed by atoms with van der Waals surface area (Å²) in [4.78, 5) is 27.5. The van der Waals surface area contributed by atoms with Crippen molar-refractivity contribution in [2.24, 2.45) is 0 Å².